The van der Waals surface area contributed by atoms with Crippen molar-refractivity contribution in [3.63, 3.8) is 0 Å². The quantitative estimate of drug-likeness (QED) is 0.824. The van der Waals surface area contributed by atoms with Crippen LogP contribution in [0, 0.1) is 11.6 Å². The molecule has 1 unspecified atom stereocenters. The van der Waals surface area contributed by atoms with Crippen LogP contribution in [0.3, 0.4) is 0 Å². The summed E-state index contributed by atoms with van der Waals surface area (Å²) in [5, 5.41) is 12.1. The van der Waals surface area contributed by atoms with Gasteiger partial charge < -0.3 is 15.2 Å². The van der Waals surface area contributed by atoms with E-state index in [9.17, 15) is 8.78 Å². The van der Waals surface area contributed by atoms with Gasteiger partial charge in [-0.3, -0.25) is 0 Å². The smallest absolute Gasteiger partial charge is 0.162 e. The summed E-state index contributed by atoms with van der Waals surface area (Å²) in [6.45, 7) is 2.39. The number of nitrogens with one attached hydrogen (secondary N) is 1. The van der Waals surface area contributed by atoms with E-state index in [-0.39, 0.29) is 12.6 Å². The Morgan fingerprint density at radius 1 is 1.09 bits per heavy atom. The van der Waals surface area contributed by atoms with Crippen molar-refractivity contribution < 1.29 is 18.6 Å². The van der Waals surface area contributed by atoms with Crippen molar-refractivity contribution in [3.05, 3.63) is 59.7 Å². The molecule has 1 atom stereocenters. The Bertz CT molecular complexity index is 602. The summed E-state index contributed by atoms with van der Waals surface area (Å²) in [6.07, 6.45) is 0.634. The third-order valence-electron chi connectivity index (χ3n) is 3.16. The number of ether oxygens (including phenoxy) is 1. The molecule has 0 fully saturated rings. The molecule has 0 amide bonds. The number of halogens is 2. The van der Waals surface area contributed by atoms with Gasteiger partial charge in [-0.25, -0.2) is 8.78 Å². The zero-order valence-electron chi connectivity index (χ0n) is 12.4. The molecule has 0 aliphatic heterocycles. The predicted octanol–water partition coefficient (Wildman–Crippen LogP) is 3.38. The third-order valence-corrected chi connectivity index (χ3v) is 3.16. The first-order valence-electron chi connectivity index (χ1n) is 7.12. The van der Waals surface area contributed by atoms with Crippen molar-refractivity contribution in [1.29, 1.82) is 0 Å². The molecular formula is C17H19F2NO2. The molecule has 2 N–H and O–H groups in total. The molecule has 0 saturated heterocycles. The van der Waals surface area contributed by atoms with Crippen molar-refractivity contribution in [2.24, 2.45) is 0 Å². The highest BCUT2D eigenvalue weighted by Gasteiger charge is 2.06. The van der Waals surface area contributed by atoms with Crippen LogP contribution < -0.4 is 10.1 Å². The number of aliphatic hydroxyl groups excluding tert-OH is 1. The van der Waals surface area contributed by atoms with Crippen LogP contribution in [0.15, 0.2) is 42.5 Å². The van der Waals surface area contributed by atoms with Crippen molar-refractivity contribution in [3.8, 4) is 5.75 Å². The SMILES string of the molecule is CC(COc1ccc(F)c(F)c1)Nc1ccc(CCO)cc1. The second-order valence-electron chi connectivity index (χ2n) is 5.10. The summed E-state index contributed by atoms with van der Waals surface area (Å²) < 4.78 is 31.3. The highest BCUT2D eigenvalue weighted by atomic mass is 19.2. The van der Waals surface area contributed by atoms with Crippen molar-refractivity contribution in [1.82, 2.24) is 0 Å². The van der Waals surface area contributed by atoms with E-state index in [1.165, 1.54) is 6.07 Å². The van der Waals surface area contributed by atoms with Gasteiger partial charge in [0.05, 0.1) is 6.04 Å². The molecule has 22 heavy (non-hydrogen) atoms. The second kappa shape index (κ2) is 7.75. The Kier molecular flexibility index (Phi) is 5.72. The van der Waals surface area contributed by atoms with E-state index in [1.807, 2.05) is 31.2 Å². The molecule has 2 aromatic rings. The Balaban J connectivity index is 1.84. The lowest BCUT2D eigenvalue weighted by Gasteiger charge is -2.16. The number of anilines is 1. The van der Waals surface area contributed by atoms with Crippen LogP contribution >= 0.6 is 0 Å². The number of hydrogen-bond donors (Lipinski definition) is 2. The van der Waals surface area contributed by atoms with Gasteiger partial charge in [-0.05, 0) is 43.2 Å². The number of aliphatic hydroxyl groups is 1. The van der Waals surface area contributed by atoms with Crippen LogP contribution in [0.1, 0.15) is 12.5 Å². The van der Waals surface area contributed by atoms with Gasteiger partial charge in [-0.2, -0.15) is 0 Å². The first kappa shape index (κ1) is 16.2. The van der Waals surface area contributed by atoms with E-state index in [4.69, 9.17) is 9.84 Å². The van der Waals surface area contributed by atoms with Crippen LogP contribution in [0.4, 0.5) is 14.5 Å². The van der Waals surface area contributed by atoms with Gasteiger partial charge >= 0.3 is 0 Å². The maximum Gasteiger partial charge on any atom is 0.162 e. The third kappa shape index (κ3) is 4.70. The standard InChI is InChI=1S/C17H19F2NO2/c1-12(11-22-15-6-7-16(18)17(19)10-15)20-14-4-2-13(3-5-14)8-9-21/h2-7,10,12,20-21H,8-9,11H2,1H3. The molecule has 3 nitrogen and oxygen atoms in total. The summed E-state index contributed by atoms with van der Waals surface area (Å²) >= 11 is 0. The second-order valence-corrected chi connectivity index (χ2v) is 5.10. The lowest BCUT2D eigenvalue weighted by atomic mass is 10.1. The first-order valence-corrected chi connectivity index (χ1v) is 7.12. The fraction of sp³-hybridized carbons (Fsp3) is 0.294. The maximum absolute atomic E-state index is 13.1. The minimum Gasteiger partial charge on any atom is -0.491 e. The molecule has 0 saturated carbocycles. The normalized spacial score (nSPS) is 12.0. The molecule has 0 aromatic heterocycles. The lowest BCUT2D eigenvalue weighted by Crippen LogP contribution is -2.23. The zero-order chi connectivity index (χ0) is 15.9. The van der Waals surface area contributed by atoms with Crippen LogP contribution in [0.2, 0.25) is 0 Å². The Labute approximate surface area is 128 Å². The number of rotatable bonds is 7. The average Bonchev–Trinajstić information content (AvgIpc) is 2.51. The predicted molar refractivity (Wildman–Crippen MR) is 82.2 cm³/mol. The van der Waals surface area contributed by atoms with Crippen LogP contribution in [-0.2, 0) is 6.42 Å². The highest BCUT2D eigenvalue weighted by Crippen LogP contribution is 2.16. The van der Waals surface area contributed by atoms with Crippen molar-refractivity contribution in [2.75, 3.05) is 18.5 Å². The van der Waals surface area contributed by atoms with E-state index < -0.39 is 11.6 Å². The van der Waals surface area contributed by atoms with Gasteiger partial charge in [0.2, 0.25) is 0 Å². The summed E-state index contributed by atoms with van der Waals surface area (Å²) in [5.74, 6) is -1.51. The molecule has 0 spiro atoms. The van der Waals surface area contributed by atoms with Crippen LogP contribution in [-0.4, -0.2) is 24.4 Å². The Morgan fingerprint density at radius 3 is 2.45 bits per heavy atom. The molecular weight excluding hydrogens is 288 g/mol. The molecule has 0 heterocycles. The molecule has 5 heteroatoms. The fourth-order valence-electron chi connectivity index (χ4n) is 2.01. The maximum atomic E-state index is 13.1. The number of hydrogen-bond acceptors (Lipinski definition) is 3. The van der Waals surface area contributed by atoms with E-state index in [2.05, 4.69) is 5.32 Å². The van der Waals surface area contributed by atoms with E-state index in [0.29, 0.717) is 18.8 Å². The Morgan fingerprint density at radius 2 is 1.82 bits per heavy atom. The summed E-state index contributed by atoms with van der Waals surface area (Å²) in [6, 6.07) is 11.2. The summed E-state index contributed by atoms with van der Waals surface area (Å²) in [5.41, 5.74) is 2.00. The van der Waals surface area contributed by atoms with Gasteiger partial charge in [0.15, 0.2) is 11.6 Å². The van der Waals surface area contributed by atoms with Crippen molar-refractivity contribution >= 4 is 5.69 Å². The molecule has 2 aromatic carbocycles. The summed E-state index contributed by atoms with van der Waals surface area (Å²) in [7, 11) is 0. The lowest BCUT2D eigenvalue weighted by molar-refractivity contribution is 0.299. The van der Waals surface area contributed by atoms with E-state index in [0.717, 1.165) is 23.4 Å². The molecule has 0 radical (unpaired) electrons. The average molecular weight is 307 g/mol. The molecule has 2 rings (SSSR count). The minimum atomic E-state index is -0.919. The highest BCUT2D eigenvalue weighted by molar-refractivity contribution is 5.45. The van der Waals surface area contributed by atoms with Crippen LogP contribution in [0.25, 0.3) is 0 Å². The minimum absolute atomic E-state index is 0.00296. The van der Waals surface area contributed by atoms with Gasteiger partial charge in [0.25, 0.3) is 0 Å². The number of benzene rings is 2. The fourth-order valence-corrected chi connectivity index (χ4v) is 2.01. The molecule has 0 aliphatic carbocycles. The van der Waals surface area contributed by atoms with Gasteiger partial charge in [0, 0.05) is 18.4 Å². The molecule has 0 bridgehead atoms. The molecule has 118 valence electrons. The monoisotopic (exact) mass is 307 g/mol. The first-order chi connectivity index (χ1) is 10.6. The van der Waals surface area contributed by atoms with Gasteiger partial charge in [0.1, 0.15) is 12.4 Å². The zero-order valence-corrected chi connectivity index (χ0v) is 12.4. The largest absolute Gasteiger partial charge is 0.491 e. The van der Waals surface area contributed by atoms with E-state index in [1.54, 1.807) is 0 Å². The van der Waals surface area contributed by atoms with Gasteiger partial charge in [-0.1, -0.05) is 12.1 Å². The van der Waals surface area contributed by atoms with E-state index >= 15 is 0 Å². The topological polar surface area (TPSA) is 41.5 Å². The van der Waals surface area contributed by atoms with Crippen molar-refractivity contribution in [2.45, 2.75) is 19.4 Å². The molecule has 0 aliphatic rings. The Hall–Kier alpha value is -2.14. The summed E-state index contributed by atoms with van der Waals surface area (Å²) in [4.78, 5) is 0. The van der Waals surface area contributed by atoms with Gasteiger partial charge in [-0.15, -0.1) is 0 Å². The van der Waals surface area contributed by atoms with Crippen LogP contribution in [0.5, 0.6) is 5.75 Å².